The summed E-state index contributed by atoms with van der Waals surface area (Å²) >= 11 is 0. The molecule has 0 fully saturated rings. The van der Waals surface area contributed by atoms with Gasteiger partial charge in [0.25, 0.3) is 0 Å². The molecular formula is C13H18N2O2. The molecule has 1 aromatic carbocycles. The fourth-order valence-electron chi connectivity index (χ4n) is 1.92. The van der Waals surface area contributed by atoms with Crippen molar-refractivity contribution in [1.82, 2.24) is 10.0 Å². The molecule has 2 rings (SSSR count). The summed E-state index contributed by atoms with van der Waals surface area (Å²) in [7, 11) is 1.75. The molecule has 0 atom stereocenters. The Labute approximate surface area is 102 Å². The lowest BCUT2D eigenvalue weighted by Gasteiger charge is -2.27. The quantitative estimate of drug-likeness (QED) is 0.787. The maximum atomic E-state index is 11.8. The number of fused-ring (bicyclic) bond motifs is 1. The van der Waals surface area contributed by atoms with E-state index in [9.17, 15) is 4.79 Å². The third-order valence-electron chi connectivity index (χ3n) is 2.85. The average molecular weight is 234 g/mol. The smallest absolute Gasteiger partial charge is 0.424 e. The van der Waals surface area contributed by atoms with Crippen LogP contribution in [0.3, 0.4) is 0 Å². The van der Waals surface area contributed by atoms with E-state index in [4.69, 9.17) is 4.74 Å². The van der Waals surface area contributed by atoms with E-state index < -0.39 is 0 Å². The fourth-order valence-corrected chi connectivity index (χ4v) is 1.92. The minimum atomic E-state index is -0.298. The Bertz CT molecular complexity index is 393. The summed E-state index contributed by atoms with van der Waals surface area (Å²) in [5, 5.41) is 3.54. The normalized spacial score (nSPS) is 14.8. The van der Waals surface area contributed by atoms with Crippen LogP contribution in [-0.2, 0) is 17.8 Å². The first-order valence-corrected chi connectivity index (χ1v) is 5.84. The predicted octanol–water partition coefficient (Wildman–Crippen LogP) is 2.39. The number of benzene rings is 1. The number of nitrogens with zero attached hydrogens (tertiary/aromatic N) is 2. The van der Waals surface area contributed by atoms with E-state index in [0.717, 1.165) is 13.1 Å². The number of rotatable bonds is 2. The number of carbonyl (C=O) groups excluding carboxylic acids is 1. The van der Waals surface area contributed by atoms with E-state index in [2.05, 4.69) is 12.1 Å². The van der Waals surface area contributed by atoms with Crippen LogP contribution in [-0.4, -0.2) is 29.3 Å². The number of carbonyl (C=O) groups is 1. The summed E-state index contributed by atoms with van der Waals surface area (Å²) in [5.41, 5.74) is 2.55. The molecule has 92 valence electrons. The molecule has 0 aromatic heterocycles. The summed E-state index contributed by atoms with van der Waals surface area (Å²) in [5.74, 6) is 0. The van der Waals surface area contributed by atoms with Crippen LogP contribution in [0.15, 0.2) is 24.3 Å². The first-order chi connectivity index (χ1) is 8.08. The monoisotopic (exact) mass is 234 g/mol. The van der Waals surface area contributed by atoms with Gasteiger partial charge in [0.2, 0.25) is 0 Å². The maximum Gasteiger partial charge on any atom is 0.424 e. The summed E-state index contributed by atoms with van der Waals surface area (Å²) in [6.45, 7) is 5.23. The molecule has 0 unspecified atom stereocenters. The molecule has 0 radical (unpaired) electrons. The Balaban J connectivity index is 2.00. The first kappa shape index (κ1) is 11.9. The summed E-state index contributed by atoms with van der Waals surface area (Å²) in [6.07, 6.45) is -0.386. The van der Waals surface area contributed by atoms with Crippen molar-refractivity contribution < 1.29 is 9.53 Å². The van der Waals surface area contributed by atoms with E-state index in [1.807, 2.05) is 31.0 Å². The number of ether oxygens (including phenoxy) is 1. The van der Waals surface area contributed by atoms with Crippen LogP contribution in [0, 0.1) is 0 Å². The minimum Gasteiger partial charge on any atom is -0.446 e. The zero-order valence-corrected chi connectivity index (χ0v) is 10.5. The molecule has 4 heteroatoms. The van der Waals surface area contributed by atoms with Crippen LogP contribution < -0.4 is 0 Å². The topological polar surface area (TPSA) is 32.8 Å². The van der Waals surface area contributed by atoms with Crippen LogP contribution in [0.1, 0.15) is 25.0 Å². The van der Waals surface area contributed by atoms with Crippen molar-refractivity contribution >= 4 is 6.09 Å². The van der Waals surface area contributed by atoms with Crippen LogP contribution >= 0.6 is 0 Å². The van der Waals surface area contributed by atoms with Crippen molar-refractivity contribution in [2.75, 3.05) is 7.05 Å². The van der Waals surface area contributed by atoms with Gasteiger partial charge in [-0.15, -0.1) is 0 Å². The van der Waals surface area contributed by atoms with Crippen molar-refractivity contribution in [2.24, 2.45) is 0 Å². The SMILES string of the molecule is CC(C)OC(=O)N(C)N1Cc2ccccc2C1. The van der Waals surface area contributed by atoms with Crippen molar-refractivity contribution in [3.05, 3.63) is 35.4 Å². The summed E-state index contributed by atoms with van der Waals surface area (Å²) in [6, 6.07) is 8.23. The molecular weight excluding hydrogens is 216 g/mol. The van der Waals surface area contributed by atoms with Gasteiger partial charge in [-0.2, -0.15) is 0 Å². The Morgan fingerprint density at radius 3 is 2.29 bits per heavy atom. The van der Waals surface area contributed by atoms with Gasteiger partial charge in [0.05, 0.1) is 6.10 Å². The van der Waals surface area contributed by atoms with E-state index in [1.165, 1.54) is 11.1 Å². The first-order valence-electron chi connectivity index (χ1n) is 5.84. The summed E-state index contributed by atoms with van der Waals surface area (Å²) < 4.78 is 5.17. The van der Waals surface area contributed by atoms with Crippen molar-refractivity contribution in [2.45, 2.75) is 33.0 Å². The van der Waals surface area contributed by atoms with Crippen molar-refractivity contribution in [3.63, 3.8) is 0 Å². The highest BCUT2D eigenvalue weighted by atomic mass is 16.6. The van der Waals surface area contributed by atoms with Gasteiger partial charge >= 0.3 is 6.09 Å². The molecule has 1 amide bonds. The van der Waals surface area contributed by atoms with Gasteiger partial charge in [0, 0.05) is 20.1 Å². The molecule has 0 spiro atoms. The molecule has 1 aliphatic rings. The Morgan fingerprint density at radius 2 is 1.82 bits per heavy atom. The molecule has 1 aromatic rings. The number of hydrogen-bond donors (Lipinski definition) is 0. The van der Waals surface area contributed by atoms with Crippen molar-refractivity contribution in [1.29, 1.82) is 0 Å². The van der Waals surface area contributed by atoms with Gasteiger partial charge < -0.3 is 4.74 Å². The molecule has 0 N–H and O–H groups in total. The van der Waals surface area contributed by atoms with E-state index in [1.54, 1.807) is 12.1 Å². The van der Waals surface area contributed by atoms with Gasteiger partial charge in [0.15, 0.2) is 0 Å². The maximum absolute atomic E-state index is 11.8. The lowest BCUT2D eigenvalue weighted by molar-refractivity contribution is -0.0180. The standard InChI is InChI=1S/C13H18N2O2/c1-10(2)17-13(16)14(3)15-8-11-6-4-5-7-12(11)9-15/h4-7,10H,8-9H2,1-3H3. The zero-order chi connectivity index (χ0) is 12.4. The second kappa shape index (κ2) is 4.75. The highest BCUT2D eigenvalue weighted by Gasteiger charge is 2.25. The highest BCUT2D eigenvalue weighted by Crippen LogP contribution is 2.23. The second-order valence-corrected chi connectivity index (χ2v) is 4.55. The molecule has 4 nitrogen and oxygen atoms in total. The Hall–Kier alpha value is -1.55. The number of hydrazine groups is 1. The van der Waals surface area contributed by atoms with Crippen LogP contribution in [0.5, 0.6) is 0 Å². The molecule has 17 heavy (non-hydrogen) atoms. The lowest BCUT2D eigenvalue weighted by atomic mass is 10.1. The number of amides is 1. The lowest BCUT2D eigenvalue weighted by Crippen LogP contribution is -2.41. The molecule has 0 saturated carbocycles. The average Bonchev–Trinajstić information content (AvgIpc) is 2.70. The van der Waals surface area contributed by atoms with E-state index in [-0.39, 0.29) is 12.2 Å². The molecule has 1 aliphatic heterocycles. The van der Waals surface area contributed by atoms with Gasteiger partial charge in [-0.25, -0.2) is 14.8 Å². The second-order valence-electron chi connectivity index (χ2n) is 4.55. The molecule has 0 aliphatic carbocycles. The van der Waals surface area contributed by atoms with Gasteiger partial charge in [-0.3, -0.25) is 0 Å². The summed E-state index contributed by atoms with van der Waals surface area (Å²) in [4.78, 5) is 11.8. The third-order valence-corrected chi connectivity index (χ3v) is 2.85. The Morgan fingerprint density at radius 1 is 1.29 bits per heavy atom. The van der Waals surface area contributed by atoms with E-state index in [0.29, 0.717) is 0 Å². The van der Waals surface area contributed by atoms with Gasteiger partial charge in [-0.05, 0) is 25.0 Å². The molecule has 1 heterocycles. The molecule has 0 bridgehead atoms. The van der Waals surface area contributed by atoms with E-state index >= 15 is 0 Å². The minimum absolute atomic E-state index is 0.0880. The highest BCUT2D eigenvalue weighted by molar-refractivity contribution is 5.66. The fraction of sp³-hybridized carbons (Fsp3) is 0.462. The van der Waals surface area contributed by atoms with Crippen LogP contribution in [0.2, 0.25) is 0 Å². The predicted molar refractivity (Wildman–Crippen MR) is 65.1 cm³/mol. The molecule has 0 saturated heterocycles. The zero-order valence-electron chi connectivity index (χ0n) is 10.5. The van der Waals surface area contributed by atoms with Gasteiger partial charge in [-0.1, -0.05) is 24.3 Å². The van der Waals surface area contributed by atoms with Crippen LogP contribution in [0.25, 0.3) is 0 Å². The third kappa shape index (κ3) is 2.58. The van der Waals surface area contributed by atoms with Crippen LogP contribution in [0.4, 0.5) is 4.79 Å². The van der Waals surface area contributed by atoms with Gasteiger partial charge in [0.1, 0.15) is 0 Å². The number of hydrogen-bond acceptors (Lipinski definition) is 3. The Kier molecular flexibility index (Phi) is 3.33. The van der Waals surface area contributed by atoms with Crippen molar-refractivity contribution in [3.8, 4) is 0 Å². The largest absolute Gasteiger partial charge is 0.446 e.